The Morgan fingerprint density at radius 1 is 1.21 bits per heavy atom. The lowest BCUT2D eigenvalue weighted by atomic mass is 10.2. The van der Waals surface area contributed by atoms with Crippen molar-refractivity contribution in [1.29, 1.82) is 0 Å². The Kier molecular flexibility index (Phi) is 6.31. The number of carbonyl (C=O) groups is 1. The first-order valence-electron chi connectivity index (χ1n) is 8.94. The van der Waals surface area contributed by atoms with E-state index in [1.807, 2.05) is 11.9 Å². The van der Waals surface area contributed by atoms with Gasteiger partial charge in [0.2, 0.25) is 0 Å². The molecular formula is C19H21ClN4O3S. The summed E-state index contributed by atoms with van der Waals surface area (Å²) in [6.07, 6.45) is 5.11. The Balaban J connectivity index is 1.84. The molecule has 0 saturated carbocycles. The number of anilines is 1. The molecule has 1 N–H and O–H groups in total. The quantitative estimate of drug-likeness (QED) is 0.763. The SMILES string of the molecule is CN1CCCCCC1=NS(=O)(=O)c1cccc(NC(=O)c2cccnc2Cl)c1. The second kappa shape index (κ2) is 8.70. The number of hydrogen-bond acceptors (Lipinski definition) is 4. The molecule has 1 fully saturated rings. The number of amidine groups is 1. The van der Waals surface area contributed by atoms with Crippen LogP contribution in [0.15, 0.2) is 51.9 Å². The second-order valence-electron chi connectivity index (χ2n) is 6.54. The van der Waals surface area contributed by atoms with Crippen molar-refractivity contribution in [2.75, 3.05) is 18.9 Å². The number of likely N-dealkylation sites (tertiary alicyclic amines) is 1. The van der Waals surface area contributed by atoms with Crippen molar-refractivity contribution in [2.24, 2.45) is 4.40 Å². The summed E-state index contributed by atoms with van der Waals surface area (Å²) in [5, 5.41) is 2.72. The molecule has 0 spiro atoms. The zero-order chi connectivity index (χ0) is 20.1. The fraction of sp³-hybridized carbons (Fsp3) is 0.316. The second-order valence-corrected chi connectivity index (χ2v) is 8.50. The smallest absolute Gasteiger partial charge is 0.284 e. The van der Waals surface area contributed by atoms with Crippen LogP contribution in [-0.4, -0.2) is 43.6 Å². The van der Waals surface area contributed by atoms with Gasteiger partial charge in [0.25, 0.3) is 15.9 Å². The summed E-state index contributed by atoms with van der Waals surface area (Å²) in [6.45, 7) is 0.788. The normalized spacial score (nSPS) is 16.6. The van der Waals surface area contributed by atoms with E-state index in [9.17, 15) is 13.2 Å². The number of hydrogen-bond donors (Lipinski definition) is 1. The van der Waals surface area contributed by atoms with E-state index in [2.05, 4.69) is 14.7 Å². The Hall–Kier alpha value is -2.45. The number of nitrogens with one attached hydrogen (secondary N) is 1. The maximum Gasteiger partial charge on any atom is 0.284 e. The minimum Gasteiger partial charge on any atom is -0.362 e. The van der Waals surface area contributed by atoms with Gasteiger partial charge < -0.3 is 10.2 Å². The van der Waals surface area contributed by atoms with Crippen LogP contribution in [0, 0.1) is 0 Å². The van der Waals surface area contributed by atoms with E-state index >= 15 is 0 Å². The summed E-state index contributed by atoms with van der Waals surface area (Å²) in [5.41, 5.74) is 0.540. The molecule has 28 heavy (non-hydrogen) atoms. The van der Waals surface area contributed by atoms with Crippen molar-refractivity contribution in [1.82, 2.24) is 9.88 Å². The predicted octanol–water partition coefficient (Wildman–Crippen LogP) is 3.58. The van der Waals surface area contributed by atoms with Crippen LogP contribution >= 0.6 is 11.6 Å². The summed E-state index contributed by atoms with van der Waals surface area (Å²) in [4.78, 5) is 18.1. The highest BCUT2D eigenvalue weighted by Crippen LogP contribution is 2.21. The highest BCUT2D eigenvalue weighted by atomic mass is 35.5. The van der Waals surface area contributed by atoms with Crippen molar-refractivity contribution in [2.45, 2.75) is 30.6 Å². The predicted molar refractivity (Wildman–Crippen MR) is 109 cm³/mol. The van der Waals surface area contributed by atoms with Crippen molar-refractivity contribution in [3.8, 4) is 0 Å². The molecule has 0 aliphatic carbocycles. The molecule has 2 heterocycles. The highest BCUT2D eigenvalue weighted by molar-refractivity contribution is 7.90. The van der Waals surface area contributed by atoms with Crippen molar-refractivity contribution >= 4 is 39.1 Å². The third-order valence-corrected chi connectivity index (χ3v) is 6.06. The fourth-order valence-corrected chi connectivity index (χ4v) is 4.27. The van der Waals surface area contributed by atoms with Gasteiger partial charge in [-0.2, -0.15) is 8.42 Å². The number of aromatic nitrogens is 1. The average Bonchev–Trinajstić information content (AvgIpc) is 2.86. The molecular weight excluding hydrogens is 400 g/mol. The van der Waals surface area contributed by atoms with Gasteiger partial charge in [-0.1, -0.05) is 24.1 Å². The van der Waals surface area contributed by atoms with Gasteiger partial charge in [-0.05, 0) is 43.2 Å². The van der Waals surface area contributed by atoms with Gasteiger partial charge >= 0.3 is 0 Å². The van der Waals surface area contributed by atoms with Crippen LogP contribution in [0.2, 0.25) is 5.15 Å². The first-order chi connectivity index (χ1) is 13.4. The molecule has 0 radical (unpaired) electrons. The summed E-state index contributed by atoms with van der Waals surface area (Å²) in [6, 6.07) is 9.15. The molecule has 1 aliphatic heterocycles. The molecule has 3 rings (SSSR count). The fourth-order valence-electron chi connectivity index (χ4n) is 2.92. The maximum atomic E-state index is 12.8. The first kappa shape index (κ1) is 20.3. The van der Waals surface area contributed by atoms with Crippen LogP contribution in [0.3, 0.4) is 0 Å². The molecule has 9 heteroatoms. The van der Waals surface area contributed by atoms with Crippen molar-refractivity contribution < 1.29 is 13.2 Å². The number of amides is 1. The third kappa shape index (κ3) is 4.88. The Labute approximate surface area is 169 Å². The molecule has 1 aliphatic rings. The number of halogens is 1. The monoisotopic (exact) mass is 420 g/mol. The molecule has 148 valence electrons. The van der Waals surface area contributed by atoms with Gasteiger partial charge in [0.1, 0.15) is 11.0 Å². The number of sulfonamides is 1. The number of rotatable bonds is 4. The largest absolute Gasteiger partial charge is 0.362 e. The molecule has 0 bridgehead atoms. The van der Waals surface area contributed by atoms with E-state index in [0.717, 1.165) is 25.8 Å². The van der Waals surface area contributed by atoms with Crippen LogP contribution in [0.25, 0.3) is 0 Å². The third-order valence-electron chi connectivity index (χ3n) is 4.45. The van der Waals surface area contributed by atoms with E-state index < -0.39 is 15.9 Å². The van der Waals surface area contributed by atoms with E-state index in [4.69, 9.17) is 11.6 Å². The summed E-state index contributed by atoms with van der Waals surface area (Å²) in [5.74, 6) is 0.0940. The van der Waals surface area contributed by atoms with Gasteiger partial charge in [0, 0.05) is 31.9 Å². The number of benzene rings is 1. The van der Waals surface area contributed by atoms with Gasteiger partial charge in [0.15, 0.2) is 0 Å². The zero-order valence-electron chi connectivity index (χ0n) is 15.4. The molecule has 0 atom stereocenters. The lowest BCUT2D eigenvalue weighted by molar-refractivity contribution is 0.102. The molecule has 1 aromatic heterocycles. The number of carbonyl (C=O) groups excluding carboxylic acids is 1. The van der Waals surface area contributed by atoms with Crippen molar-refractivity contribution in [3.05, 3.63) is 53.3 Å². The summed E-state index contributed by atoms with van der Waals surface area (Å²) < 4.78 is 29.6. The number of nitrogens with zero attached hydrogens (tertiary/aromatic N) is 3. The Morgan fingerprint density at radius 2 is 2.04 bits per heavy atom. The molecule has 0 unspecified atom stereocenters. The zero-order valence-corrected chi connectivity index (χ0v) is 17.0. The maximum absolute atomic E-state index is 12.8. The Morgan fingerprint density at radius 3 is 2.82 bits per heavy atom. The van der Waals surface area contributed by atoms with E-state index in [-0.39, 0.29) is 15.6 Å². The molecule has 2 aromatic rings. The van der Waals surface area contributed by atoms with Gasteiger partial charge in [-0.15, -0.1) is 4.40 Å². The minimum atomic E-state index is -3.88. The van der Waals surface area contributed by atoms with Crippen molar-refractivity contribution in [3.63, 3.8) is 0 Å². The molecule has 1 saturated heterocycles. The van der Waals surface area contributed by atoms with E-state index in [0.29, 0.717) is 17.9 Å². The lowest BCUT2D eigenvalue weighted by Crippen LogP contribution is -2.26. The molecule has 1 amide bonds. The standard InChI is InChI=1S/C19H21ClN4O3S/c1-24-12-4-2-3-10-17(24)23-28(26,27)15-8-5-7-14(13-15)22-19(25)16-9-6-11-21-18(16)20/h5-9,11,13H,2-4,10,12H2,1H3,(H,22,25). The minimum absolute atomic E-state index is 0.0210. The van der Waals surface area contributed by atoms with E-state index in [1.54, 1.807) is 24.3 Å². The first-order valence-corrected chi connectivity index (χ1v) is 10.8. The number of pyridine rings is 1. The van der Waals surface area contributed by atoms with Crippen LogP contribution < -0.4 is 5.32 Å². The van der Waals surface area contributed by atoms with Crippen LogP contribution in [-0.2, 0) is 10.0 Å². The van der Waals surface area contributed by atoms with Gasteiger partial charge in [0.05, 0.1) is 10.5 Å². The summed E-state index contributed by atoms with van der Waals surface area (Å²) >= 11 is 5.93. The van der Waals surface area contributed by atoms with Gasteiger partial charge in [-0.3, -0.25) is 4.79 Å². The summed E-state index contributed by atoms with van der Waals surface area (Å²) in [7, 11) is -2.03. The molecule has 7 nitrogen and oxygen atoms in total. The lowest BCUT2D eigenvalue weighted by Gasteiger charge is -2.17. The van der Waals surface area contributed by atoms with Gasteiger partial charge in [-0.25, -0.2) is 4.98 Å². The van der Waals surface area contributed by atoms with E-state index in [1.165, 1.54) is 18.3 Å². The topological polar surface area (TPSA) is 91.7 Å². The highest BCUT2D eigenvalue weighted by Gasteiger charge is 2.19. The Bertz CT molecular complexity index is 1010. The molecule has 1 aromatic carbocycles. The van der Waals surface area contributed by atoms with Crippen LogP contribution in [0.4, 0.5) is 5.69 Å². The van der Waals surface area contributed by atoms with Crippen LogP contribution in [0.1, 0.15) is 36.0 Å². The van der Waals surface area contributed by atoms with Crippen LogP contribution in [0.5, 0.6) is 0 Å². The average molecular weight is 421 g/mol.